The van der Waals surface area contributed by atoms with E-state index in [1.807, 2.05) is 26.8 Å². The molecular weight excluding hydrogens is 346 g/mol. The summed E-state index contributed by atoms with van der Waals surface area (Å²) in [7, 11) is -3.37. The van der Waals surface area contributed by atoms with E-state index >= 15 is 0 Å². The van der Waals surface area contributed by atoms with Gasteiger partial charge in [-0.25, -0.2) is 8.42 Å². The highest BCUT2D eigenvalue weighted by Gasteiger charge is 2.28. The van der Waals surface area contributed by atoms with E-state index in [1.165, 1.54) is 11.3 Å². The summed E-state index contributed by atoms with van der Waals surface area (Å²) in [6.07, 6.45) is 0.826. The third-order valence-electron chi connectivity index (χ3n) is 4.42. The Bertz CT molecular complexity index is 791. The molecule has 0 aromatic carbocycles. The number of thiophene rings is 1. The molecule has 8 heteroatoms. The molecule has 0 N–H and O–H groups in total. The Hall–Kier alpha value is -1.22. The smallest absolute Gasteiger partial charge is 0.252 e. The molecule has 2 aromatic rings. The average Bonchev–Trinajstić information content (AvgIpc) is 3.00. The minimum atomic E-state index is -3.37. The summed E-state index contributed by atoms with van der Waals surface area (Å²) >= 11 is 1.34. The quantitative estimate of drug-likeness (QED) is 0.829. The van der Waals surface area contributed by atoms with Crippen LogP contribution in [-0.4, -0.2) is 49.0 Å². The van der Waals surface area contributed by atoms with Crippen molar-refractivity contribution in [2.45, 2.75) is 37.9 Å². The van der Waals surface area contributed by atoms with Crippen molar-refractivity contribution in [2.24, 2.45) is 0 Å². The molecule has 0 radical (unpaired) electrons. The Morgan fingerprint density at radius 3 is 2.58 bits per heavy atom. The van der Waals surface area contributed by atoms with Gasteiger partial charge in [-0.15, -0.1) is 11.3 Å². The first-order valence-electron chi connectivity index (χ1n) is 8.08. The zero-order chi connectivity index (χ0) is 17.3. The molecule has 0 atom stereocenters. The Labute approximate surface area is 147 Å². The molecule has 1 fully saturated rings. The van der Waals surface area contributed by atoms with Crippen molar-refractivity contribution in [3.8, 4) is 0 Å². The summed E-state index contributed by atoms with van der Waals surface area (Å²) in [6, 6.07) is 3.57. The zero-order valence-corrected chi connectivity index (χ0v) is 15.9. The number of nitrogens with zero attached hydrogens (tertiary/aromatic N) is 3. The van der Waals surface area contributed by atoms with Gasteiger partial charge < -0.3 is 4.52 Å². The number of aromatic nitrogens is 1. The van der Waals surface area contributed by atoms with Gasteiger partial charge >= 0.3 is 0 Å². The Kier molecular flexibility index (Phi) is 5.10. The Morgan fingerprint density at radius 1 is 1.17 bits per heavy atom. The summed E-state index contributed by atoms with van der Waals surface area (Å²) in [5.74, 6) is 0.843. The molecule has 0 saturated carbocycles. The lowest BCUT2D eigenvalue weighted by Crippen LogP contribution is -2.34. The number of aryl methyl sites for hydroxylation is 3. The fourth-order valence-corrected chi connectivity index (χ4v) is 5.88. The molecule has 3 rings (SSSR count). The number of hydrogen-bond acceptors (Lipinski definition) is 6. The maximum absolute atomic E-state index is 12.8. The van der Waals surface area contributed by atoms with Crippen LogP contribution in [0, 0.1) is 20.8 Å². The summed E-state index contributed by atoms with van der Waals surface area (Å²) in [6.45, 7) is 9.22. The summed E-state index contributed by atoms with van der Waals surface area (Å²) in [5.41, 5.74) is 2.02. The van der Waals surface area contributed by atoms with Crippen LogP contribution in [-0.2, 0) is 16.6 Å². The van der Waals surface area contributed by atoms with Crippen LogP contribution in [0.3, 0.4) is 0 Å². The van der Waals surface area contributed by atoms with Gasteiger partial charge in [0.05, 0.1) is 5.69 Å². The van der Waals surface area contributed by atoms with E-state index in [4.69, 9.17) is 4.52 Å². The summed E-state index contributed by atoms with van der Waals surface area (Å²) in [5, 5.41) is 3.99. The van der Waals surface area contributed by atoms with Crippen molar-refractivity contribution in [3.63, 3.8) is 0 Å². The summed E-state index contributed by atoms with van der Waals surface area (Å²) in [4.78, 5) is 3.30. The minimum absolute atomic E-state index is 0.444. The molecule has 1 aliphatic rings. The topological polar surface area (TPSA) is 66.7 Å². The molecule has 0 unspecified atom stereocenters. The lowest BCUT2D eigenvalue weighted by atomic mass is 10.2. The van der Waals surface area contributed by atoms with Gasteiger partial charge in [0.2, 0.25) is 0 Å². The van der Waals surface area contributed by atoms with Crippen molar-refractivity contribution >= 4 is 21.4 Å². The molecule has 0 bridgehead atoms. The van der Waals surface area contributed by atoms with E-state index in [1.54, 1.807) is 10.4 Å². The maximum atomic E-state index is 12.8. The molecule has 0 amide bonds. The highest BCUT2D eigenvalue weighted by molar-refractivity contribution is 7.91. The lowest BCUT2D eigenvalue weighted by Gasteiger charge is -2.21. The summed E-state index contributed by atoms with van der Waals surface area (Å²) < 4.78 is 32.8. The van der Waals surface area contributed by atoms with Crippen molar-refractivity contribution in [2.75, 3.05) is 26.2 Å². The first-order chi connectivity index (χ1) is 11.4. The van der Waals surface area contributed by atoms with Crippen LogP contribution in [0.15, 0.2) is 20.9 Å². The van der Waals surface area contributed by atoms with Crippen molar-refractivity contribution in [1.29, 1.82) is 0 Å². The fourth-order valence-electron chi connectivity index (χ4n) is 2.97. The van der Waals surface area contributed by atoms with E-state index in [9.17, 15) is 8.42 Å². The molecule has 6 nitrogen and oxygen atoms in total. The second-order valence-corrected chi connectivity index (χ2v) is 9.65. The molecule has 0 aliphatic carbocycles. The number of rotatable bonds is 4. The SMILES string of the molecule is Cc1ccc(S(=O)(=O)N2CCCN(Cc3c(C)noc3C)CC2)s1. The normalized spacial score (nSPS) is 18.0. The lowest BCUT2D eigenvalue weighted by molar-refractivity contribution is 0.276. The predicted molar refractivity (Wildman–Crippen MR) is 93.7 cm³/mol. The Morgan fingerprint density at radius 2 is 1.96 bits per heavy atom. The van der Waals surface area contributed by atoms with E-state index in [2.05, 4.69) is 10.1 Å². The number of hydrogen-bond donors (Lipinski definition) is 0. The van der Waals surface area contributed by atoms with Crippen molar-refractivity contribution in [1.82, 2.24) is 14.4 Å². The zero-order valence-electron chi connectivity index (χ0n) is 14.3. The van der Waals surface area contributed by atoms with Gasteiger partial charge in [0.25, 0.3) is 10.0 Å². The van der Waals surface area contributed by atoms with Crippen LogP contribution in [0.2, 0.25) is 0 Å². The Balaban J connectivity index is 1.69. The largest absolute Gasteiger partial charge is 0.361 e. The third-order valence-corrected chi connectivity index (χ3v) is 7.79. The van der Waals surface area contributed by atoms with Gasteiger partial charge in [-0.1, -0.05) is 5.16 Å². The van der Waals surface area contributed by atoms with Crippen molar-refractivity contribution < 1.29 is 12.9 Å². The second-order valence-electron chi connectivity index (χ2n) is 6.20. The molecule has 1 saturated heterocycles. The van der Waals surface area contributed by atoms with Crippen LogP contribution < -0.4 is 0 Å². The molecule has 2 aromatic heterocycles. The molecule has 24 heavy (non-hydrogen) atoms. The van der Waals surface area contributed by atoms with E-state index < -0.39 is 10.0 Å². The highest BCUT2D eigenvalue weighted by atomic mass is 32.2. The van der Waals surface area contributed by atoms with Gasteiger partial charge in [-0.2, -0.15) is 4.31 Å². The first kappa shape index (κ1) is 17.6. The standard InChI is InChI=1S/C16H23N3O3S2/c1-12-5-6-16(23-12)24(20,21)19-8-4-7-18(9-10-19)11-15-13(2)17-22-14(15)3/h5-6H,4,7-11H2,1-3H3. The fraction of sp³-hybridized carbons (Fsp3) is 0.562. The van der Waals surface area contributed by atoms with Crippen LogP contribution >= 0.6 is 11.3 Å². The molecule has 1 aliphatic heterocycles. The van der Waals surface area contributed by atoms with Gasteiger partial charge in [-0.05, 0) is 45.9 Å². The minimum Gasteiger partial charge on any atom is -0.361 e. The molecule has 3 heterocycles. The van der Waals surface area contributed by atoms with Crippen LogP contribution in [0.1, 0.15) is 28.3 Å². The second kappa shape index (κ2) is 6.95. The predicted octanol–water partition coefficient (Wildman–Crippen LogP) is 2.56. The first-order valence-corrected chi connectivity index (χ1v) is 10.3. The van der Waals surface area contributed by atoms with Crippen LogP contribution in [0.5, 0.6) is 0 Å². The highest BCUT2D eigenvalue weighted by Crippen LogP contribution is 2.25. The van der Waals surface area contributed by atoms with E-state index in [0.29, 0.717) is 23.8 Å². The van der Waals surface area contributed by atoms with Crippen LogP contribution in [0.4, 0.5) is 0 Å². The van der Waals surface area contributed by atoms with E-state index in [-0.39, 0.29) is 0 Å². The van der Waals surface area contributed by atoms with E-state index in [0.717, 1.165) is 41.4 Å². The van der Waals surface area contributed by atoms with Gasteiger partial charge in [0, 0.05) is 36.6 Å². The maximum Gasteiger partial charge on any atom is 0.252 e. The molecule has 0 spiro atoms. The average molecular weight is 370 g/mol. The van der Waals surface area contributed by atoms with Crippen molar-refractivity contribution in [3.05, 3.63) is 34.0 Å². The van der Waals surface area contributed by atoms with Crippen LogP contribution in [0.25, 0.3) is 0 Å². The monoisotopic (exact) mass is 369 g/mol. The third kappa shape index (κ3) is 3.56. The molecular formula is C16H23N3O3S2. The van der Waals surface area contributed by atoms with Gasteiger partial charge in [0.15, 0.2) is 0 Å². The van der Waals surface area contributed by atoms with Gasteiger partial charge in [0.1, 0.15) is 9.97 Å². The molecule has 132 valence electrons. The number of sulfonamides is 1. The van der Waals surface area contributed by atoms with Gasteiger partial charge in [-0.3, -0.25) is 4.90 Å².